The highest BCUT2D eigenvalue weighted by molar-refractivity contribution is 8.00. The second-order valence-corrected chi connectivity index (χ2v) is 12.8. The Balaban J connectivity index is 1.84. The van der Waals surface area contributed by atoms with E-state index in [1.54, 1.807) is 48.5 Å². The summed E-state index contributed by atoms with van der Waals surface area (Å²) in [7, 11) is 0.399. The average molecular weight is 592 g/mol. The van der Waals surface area contributed by atoms with Crippen molar-refractivity contribution in [1.29, 1.82) is 0 Å². The van der Waals surface area contributed by atoms with Gasteiger partial charge in [0.2, 0.25) is 15.8 Å². The number of ether oxygens (including phenoxy) is 3. The zero-order valence-corrected chi connectivity index (χ0v) is 24.3. The number of piperidine rings is 1. The maximum absolute atomic E-state index is 14.0. The largest absolute Gasteiger partial charge is 0.493 e. The maximum Gasteiger partial charge on any atom is 0.308 e. The highest BCUT2D eigenvalue weighted by Gasteiger charge is 2.46. The standard InChI is InChI=1S/C28H30ClNO7S2/c1-17-5-11-21(12-6-17)39(33,34)30-16-22(28(31)32)26(38-20-9-7-19(29)8-10-20)15-23(30)18-13-24(35-2)27(37-4)25(14-18)36-3/h5-14,22-23,26H,15-16H2,1-4H3,(H,31,32)/t22-,23+,26-/m1/s1. The SMILES string of the molecule is COc1cc([C@@H]2C[C@@H](Sc3ccc(Cl)cc3)[C@H](C(=O)O)CN2S(=O)(=O)c2ccc(C)cc2)cc(OC)c1OC. The third kappa shape index (κ3) is 6.14. The number of benzene rings is 3. The van der Waals surface area contributed by atoms with Crippen LogP contribution in [0, 0.1) is 12.8 Å². The van der Waals surface area contributed by atoms with Crippen molar-refractivity contribution in [3.8, 4) is 17.2 Å². The van der Waals surface area contributed by atoms with Gasteiger partial charge in [-0.05, 0) is 67.4 Å². The molecule has 0 spiro atoms. The molecular formula is C28H30ClNO7S2. The highest BCUT2D eigenvalue weighted by atomic mass is 35.5. The molecule has 3 aromatic rings. The number of hydrogen-bond acceptors (Lipinski definition) is 7. The van der Waals surface area contributed by atoms with Crippen molar-refractivity contribution in [2.24, 2.45) is 5.92 Å². The van der Waals surface area contributed by atoms with Crippen molar-refractivity contribution in [3.05, 3.63) is 76.8 Å². The molecule has 39 heavy (non-hydrogen) atoms. The second kappa shape index (κ2) is 12.1. The summed E-state index contributed by atoms with van der Waals surface area (Å²) in [5.74, 6) is -0.885. The van der Waals surface area contributed by atoms with E-state index >= 15 is 0 Å². The first kappa shape index (κ1) is 29.1. The van der Waals surface area contributed by atoms with Crippen molar-refractivity contribution in [3.63, 3.8) is 0 Å². The molecular weight excluding hydrogens is 562 g/mol. The van der Waals surface area contributed by atoms with Crippen LogP contribution in [0.15, 0.2) is 70.5 Å². The molecule has 3 aromatic carbocycles. The summed E-state index contributed by atoms with van der Waals surface area (Å²) < 4.78 is 45.8. The Hall–Kier alpha value is -2.92. The smallest absolute Gasteiger partial charge is 0.308 e. The van der Waals surface area contributed by atoms with Gasteiger partial charge in [0.15, 0.2) is 11.5 Å². The number of aliphatic carboxylic acids is 1. The van der Waals surface area contributed by atoms with Crippen molar-refractivity contribution in [1.82, 2.24) is 4.31 Å². The lowest BCUT2D eigenvalue weighted by atomic mass is 9.90. The molecule has 0 bridgehead atoms. The number of aryl methyl sites for hydroxylation is 1. The van der Waals surface area contributed by atoms with Crippen LogP contribution in [0.2, 0.25) is 5.02 Å². The molecule has 1 saturated heterocycles. The minimum absolute atomic E-state index is 0.0958. The molecule has 8 nitrogen and oxygen atoms in total. The van der Waals surface area contributed by atoms with Gasteiger partial charge < -0.3 is 19.3 Å². The minimum atomic E-state index is -4.07. The summed E-state index contributed by atoms with van der Waals surface area (Å²) in [6.07, 6.45) is 0.230. The fourth-order valence-corrected chi connectivity index (χ4v) is 7.77. The number of rotatable bonds is 9. The predicted molar refractivity (Wildman–Crippen MR) is 151 cm³/mol. The molecule has 1 aliphatic heterocycles. The van der Waals surface area contributed by atoms with Gasteiger partial charge in [0.25, 0.3) is 0 Å². The zero-order valence-electron chi connectivity index (χ0n) is 22.0. The summed E-state index contributed by atoms with van der Waals surface area (Å²) in [4.78, 5) is 13.4. The number of sulfonamides is 1. The summed E-state index contributed by atoms with van der Waals surface area (Å²) in [6, 6.07) is 16.4. The third-order valence-corrected chi connectivity index (χ3v) is 10.3. The van der Waals surface area contributed by atoms with E-state index < -0.39 is 33.2 Å². The lowest BCUT2D eigenvalue weighted by Crippen LogP contribution is -2.49. The number of halogens is 1. The molecule has 0 radical (unpaired) electrons. The summed E-state index contributed by atoms with van der Waals surface area (Å²) in [5.41, 5.74) is 1.52. The van der Waals surface area contributed by atoms with E-state index in [1.807, 2.05) is 19.1 Å². The fraction of sp³-hybridized carbons (Fsp3) is 0.321. The molecule has 1 fully saturated rings. The molecule has 0 saturated carbocycles. The molecule has 208 valence electrons. The fourth-order valence-electron chi connectivity index (χ4n) is 4.70. The Morgan fingerprint density at radius 2 is 1.56 bits per heavy atom. The molecule has 4 rings (SSSR count). The van der Waals surface area contributed by atoms with Crippen LogP contribution >= 0.6 is 23.4 Å². The monoisotopic (exact) mass is 591 g/mol. The van der Waals surface area contributed by atoms with Crippen LogP contribution in [0.1, 0.15) is 23.6 Å². The number of nitrogens with zero attached hydrogens (tertiary/aromatic N) is 1. The quantitative estimate of drug-likeness (QED) is 0.339. The van der Waals surface area contributed by atoms with Crippen LogP contribution < -0.4 is 14.2 Å². The van der Waals surface area contributed by atoms with Crippen molar-refractivity contribution in [2.45, 2.75) is 34.4 Å². The van der Waals surface area contributed by atoms with E-state index in [9.17, 15) is 18.3 Å². The lowest BCUT2D eigenvalue weighted by Gasteiger charge is -2.42. The van der Waals surface area contributed by atoms with E-state index in [0.29, 0.717) is 27.8 Å². The average Bonchev–Trinajstić information content (AvgIpc) is 2.93. The summed E-state index contributed by atoms with van der Waals surface area (Å²) in [5, 5.41) is 10.3. The van der Waals surface area contributed by atoms with Gasteiger partial charge in [-0.15, -0.1) is 11.8 Å². The second-order valence-electron chi connectivity index (χ2n) is 9.15. The van der Waals surface area contributed by atoms with Crippen molar-refractivity contribution >= 4 is 39.4 Å². The maximum atomic E-state index is 14.0. The van der Waals surface area contributed by atoms with E-state index in [2.05, 4.69) is 0 Å². The van der Waals surface area contributed by atoms with Gasteiger partial charge in [0, 0.05) is 21.7 Å². The number of carboxylic acid groups (broad SMARTS) is 1. The van der Waals surface area contributed by atoms with Gasteiger partial charge in [-0.25, -0.2) is 8.42 Å². The van der Waals surface area contributed by atoms with Crippen molar-refractivity contribution < 1.29 is 32.5 Å². The Kier molecular flexibility index (Phi) is 9.00. The predicted octanol–water partition coefficient (Wildman–Crippen LogP) is 5.67. The van der Waals surface area contributed by atoms with E-state index in [4.69, 9.17) is 25.8 Å². The van der Waals surface area contributed by atoms with Gasteiger partial charge in [-0.1, -0.05) is 29.3 Å². The van der Waals surface area contributed by atoms with Gasteiger partial charge in [0.1, 0.15) is 0 Å². The highest BCUT2D eigenvalue weighted by Crippen LogP contribution is 2.47. The first-order valence-corrected chi connectivity index (χ1v) is 14.8. The number of thioether (sulfide) groups is 1. The Morgan fingerprint density at radius 1 is 0.974 bits per heavy atom. The summed E-state index contributed by atoms with van der Waals surface area (Å²) in [6.45, 7) is 1.66. The van der Waals surface area contributed by atoms with Crippen LogP contribution in [0.3, 0.4) is 0 Å². The van der Waals surface area contributed by atoms with Gasteiger partial charge in [-0.3, -0.25) is 4.79 Å². The molecule has 0 unspecified atom stereocenters. The Labute approximate surface area is 237 Å². The van der Waals surface area contributed by atoms with E-state index in [1.165, 1.54) is 37.4 Å². The number of hydrogen-bond donors (Lipinski definition) is 1. The normalized spacial score (nSPS) is 19.9. The molecule has 0 aromatic heterocycles. The Morgan fingerprint density at radius 3 is 2.08 bits per heavy atom. The number of carboxylic acids is 1. The lowest BCUT2D eigenvalue weighted by molar-refractivity contribution is -0.143. The number of methoxy groups -OCH3 is 3. The topological polar surface area (TPSA) is 102 Å². The van der Waals surface area contributed by atoms with Crippen LogP contribution in [0.25, 0.3) is 0 Å². The first-order chi connectivity index (χ1) is 18.6. The molecule has 1 heterocycles. The third-order valence-electron chi connectivity index (χ3n) is 6.75. The van der Waals surface area contributed by atoms with E-state index in [-0.39, 0.29) is 17.9 Å². The molecule has 3 atom stereocenters. The molecule has 0 amide bonds. The molecule has 11 heteroatoms. The first-order valence-electron chi connectivity index (χ1n) is 12.1. The van der Waals surface area contributed by atoms with Gasteiger partial charge >= 0.3 is 5.97 Å². The molecule has 1 aliphatic rings. The van der Waals surface area contributed by atoms with Crippen LogP contribution in [0.5, 0.6) is 17.2 Å². The van der Waals surface area contributed by atoms with Crippen LogP contribution in [-0.2, 0) is 14.8 Å². The van der Waals surface area contributed by atoms with Gasteiger partial charge in [0.05, 0.1) is 38.2 Å². The van der Waals surface area contributed by atoms with Crippen molar-refractivity contribution in [2.75, 3.05) is 27.9 Å². The zero-order chi connectivity index (χ0) is 28.3. The molecule has 1 N–H and O–H groups in total. The van der Waals surface area contributed by atoms with Gasteiger partial charge in [-0.2, -0.15) is 4.31 Å². The van der Waals surface area contributed by atoms with Crippen LogP contribution in [-0.4, -0.2) is 56.9 Å². The summed E-state index contributed by atoms with van der Waals surface area (Å²) >= 11 is 7.44. The minimum Gasteiger partial charge on any atom is -0.493 e. The van der Waals surface area contributed by atoms with E-state index in [0.717, 1.165) is 10.5 Å². The Bertz CT molecular complexity index is 1400. The molecule has 0 aliphatic carbocycles. The van der Waals surface area contributed by atoms with Crippen LogP contribution in [0.4, 0.5) is 0 Å². The number of carbonyl (C=O) groups is 1.